The van der Waals surface area contributed by atoms with E-state index in [2.05, 4.69) is 46.0 Å². The molecule has 1 heterocycles. The lowest BCUT2D eigenvalue weighted by Crippen LogP contribution is -2.35. The average molecular weight is 281 g/mol. The van der Waals surface area contributed by atoms with Crippen LogP contribution in [0, 0.1) is 12.8 Å². The number of hydrogen-bond donors (Lipinski definition) is 1. The number of rotatable bonds is 8. The standard InChI is InChI=1S/C17H31NO2/c1-13(2)8-7-9-19-12-16-10-15(14(3)20-16)11-18-17(4,5)6/h10,13,18H,7-9,11-12H2,1-6H3. The Balaban J connectivity index is 2.33. The molecule has 0 aromatic carbocycles. The van der Waals surface area contributed by atoms with Crippen LogP contribution < -0.4 is 5.32 Å². The van der Waals surface area contributed by atoms with Crippen LogP contribution in [0.4, 0.5) is 0 Å². The van der Waals surface area contributed by atoms with Gasteiger partial charge in [0.15, 0.2) is 0 Å². The zero-order chi connectivity index (χ0) is 15.2. The third-order valence-electron chi connectivity index (χ3n) is 3.20. The van der Waals surface area contributed by atoms with E-state index < -0.39 is 0 Å². The first-order chi connectivity index (χ1) is 9.28. The first kappa shape index (κ1) is 17.3. The van der Waals surface area contributed by atoms with E-state index in [-0.39, 0.29) is 5.54 Å². The molecule has 20 heavy (non-hydrogen) atoms. The Morgan fingerprint density at radius 2 is 2.00 bits per heavy atom. The summed E-state index contributed by atoms with van der Waals surface area (Å²) in [5, 5.41) is 3.48. The lowest BCUT2D eigenvalue weighted by atomic mass is 10.1. The summed E-state index contributed by atoms with van der Waals surface area (Å²) < 4.78 is 11.4. The van der Waals surface area contributed by atoms with Crippen molar-refractivity contribution in [2.75, 3.05) is 6.61 Å². The van der Waals surface area contributed by atoms with Crippen LogP contribution in [0.1, 0.15) is 64.5 Å². The summed E-state index contributed by atoms with van der Waals surface area (Å²) in [4.78, 5) is 0. The molecule has 0 aliphatic heterocycles. The Morgan fingerprint density at radius 3 is 2.60 bits per heavy atom. The first-order valence-corrected chi connectivity index (χ1v) is 7.69. The molecule has 3 heteroatoms. The van der Waals surface area contributed by atoms with Crippen molar-refractivity contribution in [1.29, 1.82) is 0 Å². The molecular formula is C17H31NO2. The predicted octanol–water partition coefficient (Wildman–Crippen LogP) is 4.43. The second-order valence-corrected chi connectivity index (χ2v) is 6.99. The van der Waals surface area contributed by atoms with Crippen LogP contribution in [0.5, 0.6) is 0 Å². The molecule has 1 rings (SSSR count). The van der Waals surface area contributed by atoms with Gasteiger partial charge in [-0.05, 0) is 52.5 Å². The fraction of sp³-hybridized carbons (Fsp3) is 0.765. The minimum Gasteiger partial charge on any atom is -0.464 e. The van der Waals surface area contributed by atoms with E-state index in [0.29, 0.717) is 6.61 Å². The summed E-state index contributed by atoms with van der Waals surface area (Å²) in [6.45, 7) is 15.2. The van der Waals surface area contributed by atoms with E-state index in [1.807, 2.05) is 6.92 Å². The van der Waals surface area contributed by atoms with Crippen molar-refractivity contribution < 1.29 is 9.15 Å². The van der Waals surface area contributed by atoms with Gasteiger partial charge in [-0.25, -0.2) is 0 Å². The lowest BCUT2D eigenvalue weighted by molar-refractivity contribution is 0.100. The molecule has 0 aliphatic carbocycles. The van der Waals surface area contributed by atoms with Gasteiger partial charge in [0.2, 0.25) is 0 Å². The van der Waals surface area contributed by atoms with E-state index in [0.717, 1.165) is 37.0 Å². The van der Waals surface area contributed by atoms with Crippen LogP contribution in [0.15, 0.2) is 10.5 Å². The van der Waals surface area contributed by atoms with Crippen molar-refractivity contribution in [3.8, 4) is 0 Å². The van der Waals surface area contributed by atoms with Crippen molar-refractivity contribution >= 4 is 0 Å². The Hall–Kier alpha value is -0.800. The summed E-state index contributed by atoms with van der Waals surface area (Å²) in [6, 6.07) is 2.11. The molecule has 0 bridgehead atoms. The minimum atomic E-state index is 0.122. The quantitative estimate of drug-likeness (QED) is 0.716. The van der Waals surface area contributed by atoms with Crippen molar-refractivity contribution in [1.82, 2.24) is 5.32 Å². The molecule has 0 fully saturated rings. The Morgan fingerprint density at radius 1 is 1.30 bits per heavy atom. The molecule has 1 aromatic rings. The maximum Gasteiger partial charge on any atom is 0.130 e. The van der Waals surface area contributed by atoms with E-state index >= 15 is 0 Å². The Kier molecular flexibility index (Phi) is 6.77. The maximum atomic E-state index is 5.74. The van der Waals surface area contributed by atoms with Gasteiger partial charge in [0.1, 0.15) is 18.1 Å². The molecule has 1 aromatic heterocycles. The number of nitrogens with one attached hydrogen (secondary N) is 1. The van der Waals surface area contributed by atoms with E-state index in [1.54, 1.807) is 0 Å². The zero-order valence-electron chi connectivity index (χ0n) is 14.0. The van der Waals surface area contributed by atoms with Crippen LogP contribution in [0.25, 0.3) is 0 Å². The van der Waals surface area contributed by atoms with E-state index in [1.165, 1.54) is 12.0 Å². The van der Waals surface area contributed by atoms with Gasteiger partial charge in [-0.1, -0.05) is 13.8 Å². The summed E-state index contributed by atoms with van der Waals surface area (Å²) in [7, 11) is 0. The average Bonchev–Trinajstić information content (AvgIpc) is 2.65. The van der Waals surface area contributed by atoms with Gasteiger partial charge >= 0.3 is 0 Å². The van der Waals surface area contributed by atoms with Gasteiger partial charge in [0.25, 0.3) is 0 Å². The highest BCUT2D eigenvalue weighted by Gasteiger charge is 2.12. The summed E-state index contributed by atoms with van der Waals surface area (Å²) in [5.74, 6) is 2.67. The molecule has 0 aliphatic rings. The van der Waals surface area contributed by atoms with Crippen molar-refractivity contribution in [2.45, 2.75) is 73.1 Å². The molecule has 3 nitrogen and oxygen atoms in total. The second kappa shape index (κ2) is 7.84. The first-order valence-electron chi connectivity index (χ1n) is 7.69. The largest absolute Gasteiger partial charge is 0.464 e. The number of hydrogen-bond acceptors (Lipinski definition) is 3. The molecule has 116 valence electrons. The third-order valence-corrected chi connectivity index (χ3v) is 3.20. The van der Waals surface area contributed by atoms with E-state index in [9.17, 15) is 0 Å². The van der Waals surface area contributed by atoms with Crippen LogP contribution >= 0.6 is 0 Å². The molecule has 0 atom stereocenters. The number of aryl methyl sites for hydroxylation is 1. The zero-order valence-corrected chi connectivity index (χ0v) is 14.0. The van der Waals surface area contributed by atoms with Crippen molar-refractivity contribution in [3.63, 3.8) is 0 Å². The van der Waals surface area contributed by atoms with Crippen LogP contribution in [0.2, 0.25) is 0 Å². The fourth-order valence-corrected chi connectivity index (χ4v) is 1.96. The van der Waals surface area contributed by atoms with Gasteiger partial charge < -0.3 is 14.5 Å². The summed E-state index contributed by atoms with van der Waals surface area (Å²) >= 11 is 0. The Labute approximate surface area is 124 Å². The number of furan rings is 1. The monoisotopic (exact) mass is 281 g/mol. The minimum absolute atomic E-state index is 0.122. The van der Waals surface area contributed by atoms with Gasteiger partial charge in [-0.15, -0.1) is 0 Å². The van der Waals surface area contributed by atoms with Crippen LogP contribution in [-0.4, -0.2) is 12.1 Å². The molecular weight excluding hydrogens is 250 g/mol. The molecule has 0 spiro atoms. The topological polar surface area (TPSA) is 34.4 Å². The van der Waals surface area contributed by atoms with Crippen molar-refractivity contribution in [2.24, 2.45) is 5.92 Å². The summed E-state index contributed by atoms with van der Waals surface area (Å²) in [6.07, 6.45) is 2.34. The second-order valence-electron chi connectivity index (χ2n) is 6.99. The fourth-order valence-electron chi connectivity index (χ4n) is 1.96. The highest BCUT2D eigenvalue weighted by Crippen LogP contribution is 2.16. The summed E-state index contributed by atoms with van der Waals surface area (Å²) in [5.41, 5.74) is 1.35. The van der Waals surface area contributed by atoms with Crippen LogP contribution in [0.3, 0.4) is 0 Å². The highest BCUT2D eigenvalue weighted by molar-refractivity contribution is 5.20. The van der Waals surface area contributed by atoms with Gasteiger partial charge in [-0.2, -0.15) is 0 Å². The molecule has 0 unspecified atom stereocenters. The van der Waals surface area contributed by atoms with Crippen molar-refractivity contribution in [3.05, 3.63) is 23.2 Å². The molecule has 0 saturated heterocycles. The highest BCUT2D eigenvalue weighted by atomic mass is 16.5. The van der Waals surface area contributed by atoms with Gasteiger partial charge in [0, 0.05) is 24.3 Å². The molecule has 1 N–H and O–H groups in total. The van der Waals surface area contributed by atoms with E-state index in [4.69, 9.17) is 9.15 Å². The molecule has 0 saturated carbocycles. The normalized spacial score (nSPS) is 12.3. The lowest BCUT2D eigenvalue weighted by Gasteiger charge is -2.20. The molecule has 0 radical (unpaired) electrons. The smallest absolute Gasteiger partial charge is 0.130 e. The van der Waals surface area contributed by atoms with Gasteiger partial charge in [-0.3, -0.25) is 0 Å². The molecule has 0 amide bonds. The SMILES string of the molecule is Cc1oc(COCCCC(C)C)cc1CNC(C)(C)C. The maximum absolute atomic E-state index is 5.74. The van der Waals surface area contributed by atoms with Crippen LogP contribution in [-0.2, 0) is 17.9 Å². The Bertz CT molecular complexity index is 388. The number of ether oxygens (including phenoxy) is 1. The van der Waals surface area contributed by atoms with Gasteiger partial charge in [0.05, 0.1) is 0 Å². The predicted molar refractivity (Wildman–Crippen MR) is 83.8 cm³/mol. The third kappa shape index (κ3) is 7.11.